The Labute approximate surface area is 170 Å². The molecule has 9 nitrogen and oxygen atoms in total. The summed E-state index contributed by atoms with van der Waals surface area (Å²) in [7, 11) is 0. The Balaban J connectivity index is 1.25. The summed E-state index contributed by atoms with van der Waals surface area (Å²) in [5, 5.41) is 7.59. The highest BCUT2D eigenvalue weighted by Gasteiger charge is 2.56. The first kappa shape index (κ1) is 17.9. The first-order valence-corrected chi connectivity index (χ1v) is 10.1. The van der Waals surface area contributed by atoms with Crippen LogP contribution >= 0.6 is 11.3 Å². The molecule has 0 radical (unpaired) electrons. The smallest absolute Gasteiger partial charge is 0.325 e. The second kappa shape index (κ2) is 6.45. The van der Waals surface area contributed by atoms with E-state index in [9.17, 15) is 14.4 Å². The maximum absolute atomic E-state index is 12.6. The average Bonchev–Trinajstić information content (AvgIpc) is 3.21. The number of thiazole rings is 1. The SMILES string of the molecule is CC1(C2CC2)NC(=O)N(CC(=O)Nc2nc(-c3ccc4c(c3)OCO4)cs2)C1=O. The van der Waals surface area contributed by atoms with Crippen LogP contribution in [0.15, 0.2) is 23.6 Å². The van der Waals surface area contributed by atoms with E-state index in [0.29, 0.717) is 22.3 Å². The van der Waals surface area contributed by atoms with Gasteiger partial charge in [-0.15, -0.1) is 11.3 Å². The minimum Gasteiger partial charge on any atom is -0.454 e. The van der Waals surface area contributed by atoms with Crippen LogP contribution in [0.2, 0.25) is 0 Å². The molecule has 1 saturated carbocycles. The molecule has 1 unspecified atom stereocenters. The van der Waals surface area contributed by atoms with Crippen molar-refractivity contribution < 1.29 is 23.9 Å². The maximum Gasteiger partial charge on any atom is 0.325 e. The molecule has 3 aliphatic rings. The van der Waals surface area contributed by atoms with Gasteiger partial charge in [-0.05, 0) is 43.9 Å². The highest BCUT2D eigenvalue weighted by molar-refractivity contribution is 7.14. The number of ether oxygens (including phenoxy) is 2. The summed E-state index contributed by atoms with van der Waals surface area (Å²) in [6.07, 6.45) is 1.81. The van der Waals surface area contributed by atoms with Gasteiger partial charge in [0.2, 0.25) is 12.7 Å². The number of hydrogen-bond donors (Lipinski definition) is 2. The van der Waals surface area contributed by atoms with E-state index in [1.807, 2.05) is 23.6 Å². The van der Waals surface area contributed by atoms with Gasteiger partial charge in [-0.25, -0.2) is 9.78 Å². The second-order valence-electron chi connectivity index (χ2n) is 7.45. The third-order valence-electron chi connectivity index (χ3n) is 5.42. The first-order chi connectivity index (χ1) is 13.9. The molecule has 4 amide bonds. The van der Waals surface area contributed by atoms with Crippen molar-refractivity contribution in [3.8, 4) is 22.8 Å². The monoisotopic (exact) mass is 414 g/mol. The quantitative estimate of drug-likeness (QED) is 0.726. The fourth-order valence-corrected chi connectivity index (χ4v) is 4.35. The van der Waals surface area contributed by atoms with E-state index in [1.165, 1.54) is 11.3 Å². The van der Waals surface area contributed by atoms with E-state index in [1.54, 1.807) is 6.92 Å². The van der Waals surface area contributed by atoms with E-state index in [-0.39, 0.29) is 25.2 Å². The van der Waals surface area contributed by atoms with E-state index < -0.39 is 17.5 Å². The zero-order chi connectivity index (χ0) is 20.2. The second-order valence-corrected chi connectivity index (χ2v) is 8.31. The highest BCUT2D eigenvalue weighted by atomic mass is 32.1. The predicted molar refractivity (Wildman–Crippen MR) is 104 cm³/mol. The molecule has 5 rings (SSSR count). The van der Waals surface area contributed by atoms with Crippen LogP contribution in [0, 0.1) is 5.92 Å². The van der Waals surface area contributed by atoms with Crippen LogP contribution in [0.25, 0.3) is 11.3 Å². The largest absolute Gasteiger partial charge is 0.454 e. The molecule has 29 heavy (non-hydrogen) atoms. The standard InChI is InChI=1S/C19H18N4O5S/c1-19(11-3-4-11)16(25)23(18(26)22-19)7-15(24)21-17-20-12(8-29-17)10-2-5-13-14(6-10)28-9-27-13/h2,5-6,8,11H,3-4,7,9H2,1H3,(H,22,26)(H,20,21,24). The van der Waals surface area contributed by atoms with Crippen molar-refractivity contribution in [2.24, 2.45) is 5.92 Å². The fourth-order valence-electron chi connectivity index (χ4n) is 3.62. The highest BCUT2D eigenvalue weighted by Crippen LogP contribution is 2.42. The third kappa shape index (κ3) is 3.09. The van der Waals surface area contributed by atoms with Crippen molar-refractivity contribution in [2.75, 3.05) is 18.7 Å². The molecule has 1 saturated heterocycles. The van der Waals surface area contributed by atoms with Crippen molar-refractivity contribution in [3.05, 3.63) is 23.6 Å². The number of amides is 4. The summed E-state index contributed by atoms with van der Waals surface area (Å²) in [6.45, 7) is 1.58. The van der Waals surface area contributed by atoms with Crippen LogP contribution in [0.3, 0.4) is 0 Å². The van der Waals surface area contributed by atoms with Crippen LogP contribution in [0.5, 0.6) is 11.5 Å². The van der Waals surface area contributed by atoms with Gasteiger partial charge in [0, 0.05) is 10.9 Å². The Bertz CT molecular complexity index is 1030. The average molecular weight is 414 g/mol. The number of benzene rings is 1. The van der Waals surface area contributed by atoms with E-state index in [4.69, 9.17) is 9.47 Å². The van der Waals surface area contributed by atoms with Crippen molar-refractivity contribution in [3.63, 3.8) is 0 Å². The number of carbonyl (C=O) groups is 3. The molecule has 0 spiro atoms. The maximum atomic E-state index is 12.6. The first-order valence-electron chi connectivity index (χ1n) is 9.23. The number of fused-ring (bicyclic) bond motifs is 1. The van der Waals surface area contributed by atoms with Gasteiger partial charge >= 0.3 is 6.03 Å². The minimum atomic E-state index is -0.898. The molecule has 150 valence electrons. The number of hydrogen-bond acceptors (Lipinski definition) is 7. The molecule has 10 heteroatoms. The lowest BCUT2D eigenvalue weighted by Gasteiger charge is -2.20. The fraction of sp³-hybridized carbons (Fsp3) is 0.368. The molecule has 2 fully saturated rings. The lowest BCUT2D eigenvalue weighted by molar-refractivity contribution is -0.134. The van der Waals surface area contributed by atoms with E-state index in [0.717, 1.165) is 23.3 Å². The zero-order valence-electron chi connectivity index (χ0n) is 15.6. The van der Waals surface area contributed by atoms with E-state index >= 15 is 0 Å². The number of anilines is 1. The van der Waals surface area contributed by atoms with Gasteiger partial charge in [-0.2, -0.15) is 0 Å². The predicted octanol–water partition coefficient (Wildman–Crippen LogP) is 2.20. The summed E-state index contributed by atoms with van der Waals surface area (Å²) in [5.41, 5.74) is 0.616. The number of carbonyl (C=O) groups excluding carboxylic acids is 3. The van der Waals surface area contributed by atoms with Crippen LogP contribution < -0.4 is 20.1 Å². The van der Waals surface area contributed by atoms with Crippen molar-refractivity contribution >= 4 is 34.3 Å². The van der Waals surface area contributed by atoms with Gasteiger partial charge in [0.1, 0.15) is 12.1 Å². The Morgan fingerprint density at radius 2 is 2.14 bits per heavy atom. The number of urea groups is 1. The topological polar surface area (TPSA) is 110 Å². The van der Waals surface area contributed by atoms with Gasteiger partial charge in [0.05, 0.1) is 5.69 Å². The molecule has 0 bridgehead atoms. The number of imide groups is 1. The van der Waals surface area contributed by atoms with Crippen LogP contribution in [0.1, 0.15) is 19.8 Å². The minimum absolute atomic E-state index is 0.148. The van der Waals surface area contributed by atoms with Gasteiger partial charge in [0.15, 0.2) is 16.6 Å². The molecular weight excluding hydrogens is 396 g/mol. The Morgan fingerprint density at radius 3 is 2.93 bits per heavy atom. The van der Waals surface area contributed by atoms with Crippen LogP contribution in [-0.2, 0) is 9.59 Å². The molecule has 3 heterocycles. The Kier molecular flexibility index (Phi) is 3.98. The molecule has 2 aliphatic heterocycles. The molecular formula is C19H18N4O5S. The van der Waals surface area contributed by atoms with Crippen LogP contribution in [0.4, 0.5) is 9.93 Å². The molecule has 1 atom stereocenters. The number of nitrogens with zero attached hydrogens (tertiary/aromatic N) is 2. The summed E-state index contributed by atoms with van der Waals surface area (Å²) < 4.78 is 10.7. The summed E-state index contributed by atoms with van der Waals surface area (Å²) in [6, 6.07) is 4.97. The molecule has 1 aliphatic carbocycles. The lowest BCUT2D eigenvalue weighted by atomic mass is 9.96. The van der Waals surface area contributed by atoms with E-state index in [2.05, 4.69) is 15.6 Å². The zero-order valence-corrected chi connectivity index (χ0v) is 16.4. The Hall–Kier alpha value is -3.14. The summed E-state index contributed by atoms with van der Waals surface area (Å²) in [5.74, 6) is 0.665. The van der Waals surface area contributed by atoms with Gasteiger partial charge in [-0.1, -0.05) is 0 Å². The van der Waals surface area contributed by atoms with Crippen molar-refractivity contribution in [1.82, 2.24) is 15.2 Å². The van der Waals surface area contributed by atoms with Gasteiger partial charge < -0.3 is 20.1 Å². The number of rotatable bonds is 5. The van der Waals surface area contributed by atoms with Crippen molar-refractivity contribution in [2.45, 2.75) is 25.3 Å². The number of nitrogens with one attached hydrogen (secondary N) is 2. The third-order valence-corrected chi connectivity index (χ3v) is 6.17. The normalized spacial score (nSPS) is 22.7. The van der Waals surface area contributed by atoms with Gasteiger partial charge in [0.25, 0.3) is 5.91 Å². The summed E-state index contributed by atoms with van der Waals surface area (Å²) in [4.78, 5) is 42.6. The molecule has 2 aromatic rings. The van der Waals surface area contributed by atoms with Gasteiger partial charge in [-0.3, -0.25) is 14.5 Å². The summed E-state index contributed by atoms with van der Waals surface area (Å²) >= 11 is 1.26. The number of aromatic nitrogens is 1. The van der Waals surface area contributed by atoms with Crippen molar-refractivity contribution in [1.29, 1.82) is 0 Å². The van der Waals surface area contributed by atoms with Crippen LogP contribution in [-0.4, -0.2) is 46.6 Å². The molecule has 1 aromatic heterocycles. The Morgan fingerprint density at radius 1 is 1.34 bits per heavy atom. The lowest BCUT2D eigenvalue weighted by Crippen LogP contribution is -2.46. The molecule has 2 N–H and O–H groups in total. The molecule has 1 aromatic carbocycles.